The standard InChI is InChI=1S/C24H18F2N2O3/c1-31-20-11-7-16(8-12-20)21-22(27-19-4-2-3-18(26)13-19)24(30)28(23(21)29)14-15-5-9-17(25)10-6-15/h2-13,27H,14H2,1H3. The van der Waals surface area contributed by atoms with E-state index in [9.17, 15) is 18.4 Å². The molecule has 0 aliphatic carbocycles. The molecule has 0 aromatic heterocycles. The summed E-state index contributed by atoms with van der Waals surface area (Å²) in [5.74, 6) is -1.34. The Hall–Kier alpha value is -4.00. The summed E-state index contributed by atoms with van der Waals surface area (Å²) in [4.78, 5) is 27.5. The van der Waals surface area contributed by atoms with Gasteiger partial charge in [0.25, 0.3) is 11.8 Å². The monoisotopic (exact) mass is 420 g/mol. The minimum atomic E-state index is -0.551. The Labute approximate surface area is 177 Å². The van der Waals surface area contributed by atoms with E-state index >= 15 is 0 Å². The number of carbonyl (C=O) groups excluding carboxylic acids is 2. The molecule has 7 heteroatoms. The van der Waals surface area contributed by atoms with Gasteiger partial charge in [0.2, 0.25) is 0 Å². The maximum Gasteiger partial charge on any atom is 0.278 e. The lowest BCUT2D eigenvalue weighted by Crippen LogP contribution is -2.32. The van der Waals surface area contributed by atoms with E-state index in [4.69, 9.17) is 4.74 Å². The predicted octanol–water partition coefficient (Wildman–Crippen LogP) is 4.37. The molecule has 1 N–H and O–H groups in total. The fraction of sp³-hybridized carbons (Fsp3) is 0.0833. The highest BCUT2D eigenvalue weighted by molar-refractivity contribution is 6.36. The number of nitrogens with zero attached hydrogens (tertiary/aromatic N) is 1. The number of hydrogen-bond acceptors (Lipinski definition) is 4. The number of rotatable bonds is 6. The first kappa shape index (κ1) is 20.3. The maximum atomic E-state index is 13.7. The summed E-state index contributed by atoms with van der Waals surface area (Å²) in [6.07, 6.45) is 0. The van der Waals surface area contributed by atoms with E-state index in [1.54, 1.807) is 30.3 Å². The molecular weight excluding hydrogens is 402 g/mol. The lowest BCUT2D eigenvalue weighted by Gasteiger charge is -2.15. The Balaban J connectivity index is 1.73. The zero-order valence-electron chi connectivity index (χ0n) is 16.6. The van der Waals surface area contributed by atoms with E-state index in [1.807, 2.05) is 0 Å². The van der Waals surface area contributed by atoms with Crippen LogP contribution in [-0.2, 0) is 16.1 Å². The van der Waals surface area contributed by atoms with Crippen molar-refractivity contribution in [2.75, 3.05) is 12.4 Å². The lowest BCUT2D eigenvalue weighted by molar-refractivity contribution is -0.137. The van der Waals surface area contributed by atoms with Gasteiger partial charge in [0.15, 0.2) is 0 Å². The number of benzene rings is 3. The molecule has 3 aromatic rings. The Morgan fingerprint density at radius 2 is 1.58 bits per heavy atom. The first-order valence-electron chi connectivity index (χ1n) is 9.48. The minimum absolute atomic E-state index is 0.0219. The summed E-state index contributed by atoms with van der Waals surface area (Å²) in [6, 6.07) is 17.9. The number of methoxy groups -OCH3 is 1. The second kappa shape index (κ2) is 8.39. The summed E-state index contributed by atoms with van der Waals surface area (Å²) in [6.45, 7) is -0.0219. The highest BCUT2D eigenvalue weighted by atomic mass is 19.1. The van der Waals surface area contributed by atoms with E-state index in [2.05, 4.69) is 5.32 Å². The van der Waals surface area contributed by atoms with E-state index < -0.39 is 23.4 Å². The number of ether oxygens (including phenoxy) is 1. The van der Waals surface area contributed by atoms with Crippen LogP contribution in [0.3, 0.4) is 0 Å². The lowest BCUT2D eigenvalue weighted by atomic mass is 10.0. The van der Waals surface area contributed by atoms with Crippen molar-refractivity contribution in [1.29, 1.82) is 0 Å². The number of halogens is 2. The molecule has 0 radical (unpaired) electrons. The predicted molar refractivity (Wildman–Crippen MR) is 112 cm³/mol. The zero-order chi connectivity index (χ0) is 22.0. The van der Waals surface area contributed by atoms with E-state index in [-0.39, 0.29) is 17.8 Å². The highest BCUT2D eigenvalue weighted by Crippen LogP contribution is 2.32. The number of carbonyl (C=O) groups is 2. The van der Waals surface area contributed by atoms with Crippen LogP contribution in [0.1, 0.15) is 11.1 Å². The normalized spacial score (nSPS) is 13.7. The van der Waals surface area contributed by atoms with Crippen molar-refractivity contribution in [2.45, 2.75) is 6.54 Å². The van der Waals surface area contributed by atoms with Crippen LogP contribution in [0.25, 0.3) is 5.57 Å². The van der Waals surface area contributed by atoms with Crippen molar-refractivity contribution in [3.63, 3.8) is 0 Å². The molecule has 0 saturated heterocycles. The van der Waals surface area contributed by atoms with Gasteiger partial charge in [0.05, 0.1) is 19.2 Å². The second-order valence-electron chi connectivity index (χ2n) is 6.94. The number of amides is 2. The zero-order valence-corrected chi connectivity index (χ0v) is 16.6. The Morgan fingerprint density at radius 1 is 0.871 bits per heavy atom. The van der Waals surface area contributed by atoms with Gasteiger partial charge in [-0.25, -0.2) is 8.78 Å². The topological polar surface area (TPSA) is 58.6 Å². The van der Waals surface area contributed by atoms with Gasteiger partial charge in [-0.1, -0.05) is 30.3 Å². The molecule has 156 valence electrons. The second-order valence-corrected chi connectivity index (χ2v) is 6.94. The fourth-order valence-electron chi connectivity index (χ4n) is 3.34. The van der Waals surface area contributed by atoms with Crippen molar-refractivity contribution in [1.82, 2.24) is 4.90 Å². The van der Waals surface area contributed by atoms with Gasteiger partial charge in [-0.15, -0.1) is 0 Å². The molecule has 0 saturated carbocycles. The number of hydrogen-bond donors (Lipinski definition) is 1. The smallest absolute Gasteiger partial charge is 0.278 e. The molecule has 0 unspecified atom stereocenters. The van der Waals surface area contributed by atoms with Crippen LogP contribution in [0.5, 0.6) is 5.75 Å². The number of nitrogens with one attached hydrogen (secondary N) is 1. The van der Waals surface area contributed by atoms with Gasteiger partial charge in [0.1, 0.15) is 23.1 Å². The van der Waals surface area contributed by atoms with Gasteiger partial charge in [-0.2, -0.15) is 0 Å². The van der Waals surface area contributed by atoms with Crippen LogP contribution in [0, 0.1) is 11.6 Å². The van der Waals surface area contributed by atoms with Crippen LogP contribution < -0.4 is 10.1 Å². The van der Waals surface area contributed by atoms with Crippen LogP contribution >= 0.6 is 0 Å². The molecule has 1 aliphatic heterocycles. The molecule has 0 spiro atoms. The van der Waals surface area contributed by atoms with Gasteiger partial charge >= 0.3 is 0 Å². The largest absolute Gasteiger partial charge is 0.497 e. The van der Waals surface area contributed by atoms with Crippen molar-refractivity contribution in [3.8, 4) is 5.75 Å². The van der Waals surface area contributed by atoms with Crippen molar-refractivity contribution in [3.05, 3.63) is 101 Å². The molecule has 2 amide bonds. The average molecular weight is 420 g/mol. The van der Waals surface area contributed by atoms with Crippen molar-refractivity contribution >= 4 is 23.1 Å². The SMILES string of the molecule is COc1ccc(C2=C(Nc3cccc(F)c3)C(=O)N(Cc3ccc(F)cc3)C2=O)cc1. The third kappa shape index (κ3) is 4.16. The summed E-state index contributed by atoms with van der Waals surface area (Å²) < 4.78 is 32.0. The fourth-order valence-corrected chi connectivity index (χ4v) is 3.34. The molecule has 31 heavy (non-hydrogen) atoms. The number of anilines is 1. The molecule has 1 heterocycles. The van der Waals surface area contributed by atoms with Crippen LogP contribution in [0.2, 0.25) is 0 Å². The molecule has 5 nitrogen and oxygen atoms in total. The first-order valence-corrected chi connectivity index (χ1v) is 9.48. The quantitative estimate of drug-likeness (QED) is 0.602. The molecule has 0 atom stereocenters. The van der Waals surface area contributed by atoms with Gasteiger partial charge in [0, 0.05) is 5.69 Å². The Bertz CT molecular complexity index is 1170. The minimum Gasteiger partial charge on any atom is -0.497 e. The molecule has 3 aromatic carbocycles. The highest BCUT2D eigenvalue weighted by Gasteiger charge is 2.39. The van der Waals surface area contributed by atoms with Gasteiger partial charge < -0.3 is 10.1 Å². The molecule has 1 aliphatic rings. The molecule has 0 bridgehead atoms. The first-order chi connectivity index (χ1) is 15.0. The average Bonchev–Trinajstić information content (AvgIpc) is 2.99. The molecule has 0 fully saturated rings. The third-order valence-electron chi connectivity index (χ3n) is 4.89. The summed E-state index contributed by atoms with van der Waals surface area (Å²) in [5.41, 5.74) is 1.66. The summed E-state index contributed by atoms with van der Waals surface area (Å²) in [7, 11) is 1.53. The van der Waals surface area contributed by atoms with Crippen molar-refractivity contribution < 1.29 is 23.1 Å². The van der Waals surface area contributed by atoms with E-state index in [0.29, 0.717) is 22.6 Å². The summed E-state index contributed by atoms with van der Waals surface area (Å²) in [5, 5.41) is 2.90. The van der Waals surface area contributed by atoms with E-state index in [0.717, 1.165) is 4.90 Å². The van der Waals surface area contributed by atoms with Gasteiger partial charge in [-0.3, -0.25) is 14.5 Å². The van der Waals surface area contributed by atoms with Gasteiger partial charge in [-0.05, 0) is 53.6 Å². The molecular formula is C24H18F2N2O3. The van der Waals surface area contributed by atoms with E-state index in [1.165, 1.54) is 49.6 Å². The summed E-state index contributed by atoms with van der Waals surface area (Å²) >= 11 is 0. The molecule has 4 rings (SSSR count). The van der Waals surface area contributed by atoms with Crippen LogP contribution in [-0.4, -0.2) is 23.8 Å². The van der Waals surface area contributed by atoms with Crippen LogP contribution in [0.15, 0.2) is 78.5 Å². The maximum absolute atomic E-state index is 13.7. The Morgan fingerprint density at radius 3 is 2.23 bits per heavy atom. The van der Waals surface area contributed by atoms with Crippen molar-refractivity contribution in [2.24, 2.45) is 0 Å². The van der Waals surface area contributed by atoms with Crippen LogP contribution in [0.4, 0.5) is 14.5 Å². The third-order valence-corrected chi connectivity index (χ3v) is 4.89. The number of imide groups is 1. The Kier molecular flexibility index (Phi) is 5.49.